The third-order valence-electron chi connectivity index (χ3n) is 3.20. The summed E-state index contributed by atoms with van der Waals surface area (Å²) in [6, 6.07) is 10.6. The van der Waals surface area contributed by atoms with Crippen molar-refractivity contribution >= 4 is 22.7 Å². The molecule has 2 nitrogen and oxygen atoms in total. The number of nitrogens with zero attached hydrogens (tertiary/aromatic N) is 1. The lowest BCUT2D eigenvalue weighted by atomic mass is 10.1. The van der Waals surface area contributed by atoms with E-state index in [1.54, 1.807) is 0 Å². The molecule has 1 aromatic carbocycles. The van der Waals surface area contributed by atoms with Gasteiger partial charge in [-0.05, 0) is 19.0 Å². The van der Waals surface area contributed by atoms with Gasteiger partial charge in [0, 0.05) is 22.4 Å². The second-order valence-electron chi connectivity index (χ2n) is 4.49. The molecule has 1 N–H and O–H groups in total. The Labute approximate surface area is 106 Å². The molecule has 1 saturated heterocycles. The highest BCUT2D eigenvalue weighted by molar-refractivity contribution is 8.00. The zero-order chi connectivity index (χ0) is 11.7. The zero-order valence-corrected chi connectivity index (χ0v) is 10.7. The summed E-state index contributed by atoms with van der Waals surface area (Å²) in [4.78, 5) is 4.53. The van der Waals surface area contributed by atoms with E-state index in [1.165, 1.54) is 17.4 Å². The minimum atomic E-state index is 0.386. The third kappa shape index (κ3) is 2.17. The first kappa shape index (κ1) is 11.1. The summed E-state index contributed by atoms with van der Waals surface area (Å²) in [5.41, 5.74) is 2.45. The SMILES string of the molecule is CC1CCNC(c2cccc3cccnc23)S1. The molecule has 0 spiro atoms. The number of hydrogen-bond acceptors (Lipinski definition) is 3. The van der Waals surface area contributed by atoms with Crippen molar-refractivity contribution in [3.63, 3.8) is 0 Å². The van der Waals surface area contributed by atoms with Gasteiger partial charge in [-0.1, -0.05) is 31.2 Å². The van der Waals surface area contributed by atoms with E-state index in [2.05, 4.69) is 41.5 Å². The first-order valence-corrected chi connectivity index (χ1v) is 7.01. The van der Waals surface area contributed by atoms with Crippen molar-refractivity contribution in [1.82, 2.24) is 10.3 Å². The Kier molecular flexibility index (Phi) is 3.04. The predicted octanol–water partition coefficient (Wildman–Crippen LogP) is 3.35. The monoisotopic (exact) mass is 244 g/mol. The molecule has 0 radical (unpaired) electrons. The van der Waals surface area contributed by atoms with Gasteiger partial charge in [0.2, 0.25) is 0 Å². The van der Waals surface area contributed by atoms with Crippen LogP contribution in [0, 0.1) is 0 Å². The van der Waals surface area contributed by atoms with Crippen LogP contribution in [0.4, 0.5) is 0 Å². The number of aromatic nitrogens is 1. The van der Waals surface area contributed by atoms with E-state index in [1.807, 2.05) is 24.0 Å². The van der Waals surface area contributed by atoms with Crippen LogP contribution in [0.5, 0.6) is 0 Å². The number of pyridine rings is 1. The Balaban J connectivity index is 2.04. The number of para-hydroxylation sites is 1. The summed E-state index contributed by atoms with van der Waals surface area (Å²) in [5.74, 6) is 0. The van der Waals surface area contributed by atoms with Crippen molar-refractivity contribution in [1.29, 1.82) is 0 Å². The van der Waals surface area contributed by atoms with Crippen LogP contribution in [0.3, 0.4) is 0 Å². The Hall–Kier alpha value is -1.06. The lowest BCUT2D eigenvalue weighted by Gasteiger charge is -2.28. The average Bonchev–Trinajstić information content (AvgIpc) is 2.38. The van der Waals surface area contributed by atoms with Gasteiger partial charge in [0.25, 0.3) is 0 Å². The van der Waals surface area contributed by atoms with E-state index in [0.29, 0.717) is 5.37 Å². The van der Waals surface area contributed by atoms with Crippen LogP contribution in [0.2, 0.25) is 0 Å². The standard InChI is InChI=1S/C14H16N2S/c1-10-7-9-16-14(17-10)12-6-2-4-11-5-3-8-15-13(11)12/h2-6,8,10,14,16H,7,9H2,1H3. The van der Waals surface area contributed by atoms with Crippen LogP contribution >= 0.6 is 11.8 Å². The maximum Gasteiger partial charge on any atom is 0.0813 e. The van der Waals surface area contributed by atoms with E-state index < -0.39 is 0 Å². The molecule has 1 fully saturated rings. The minimum Gasteiger partial charge on any atom is -0.302 e. The van der Waals surface area contributed by atoms with Crippen LogP contribution in [0.15, 0.2) is 36.5 Å². The molecule has 2 aromatic rings. The summed E-state index contributed by atoms with van der Waals surface area (Å²) < 4.78 is 0. The first-order chi connectivity index (χ1) is 8.34. The van der Waals surface area contributed by atoms with E-state index in [9.17, 15) is 0 Å². The van der Waals surface area contributed by atoms with Gasteiger partial charge >= 0.3 is 0 Å². The smallest absolute Gasteiger partial charge is 0.0813 e. The fourth-order valence-electron chi connectivity index (χ4n) is 2.29. The second kappa shape index (κ2) is 4.67. The van der Waals surface area contributed by atoms with Crippen LogP contribution in [0.1, 0.15) is 24.3 Å². The quantitative estimate of drug-likeness (QED) is 0.832. The summed E-state index contributed by atoms with van der Waals surface area (Å²) in [5, 5.41) is 5.92. The molecule has 1 aliphatic heterocycles. The number of hydrogen-bond donors (Lipinski definition) is 1. The highest BCUT2D eigenvalue weighted by Crippen LogP contribution is 2.36. The summed E-state index contributed by atoms with van der Waals surface area (Å²) in [6.07, 6.45) is 3.13. The van der Waals surface area contributed by atoms with Crippen molar-refractivity contribution in [2.24, 2.45) is 0 Å². The maximum absolute atomic E-state index is 4.53. The van der Waals surface area contributed by atoms with Crippen molar-refractivity contribution in [3.05, 3.63) is 42.1 Å². The van der Waals surface area contributed by atoms with Gasteiger partial charge in [0.05, 0.1) is 10.9 Å². The van der Waals surface area contributed by atoms with Gasteiger partial charge in [0.15, 0.2) is 0 Å². The molecule has 3 heteroatoms. The van der Waals surface area contributed by atoms with Crippen LogP contribution < -0.4 is 5.32 Å². The van der Waals surface area contributed by atoms with Crippen LogP contribution in [0.25, 0.3) is 10.9 Å². The highest BCUT2D eigenvalue weighted by Gasteiger charge is 2.21. The Morgan fingerprint density at radius 1 is 1.29 bits per heavy atom. The lowest BCUT2D eigenvalue weighted by molar-refractivity contribution is 0.607. The summed E-state index contributed by atoms with van der Waals surface area (Å²) in [7, 11) is 0. The van der Waals surface area contributed by atoms with E-state index in [0.717, 1.165) is 17.3 Å². The van der Waals surface area contributed by atoms with Crippen LogP contribution in [-0.2, 0) is 0 Å². The third-order valence-corrected chi connectivity index (χ3v) is 4.59. The molecule has 1 aromatic heterocycles. The van der Waals surface area contributed by atoms with Gasteiger partial charge in [-0.15, -0.1) is 11.8 Å². The topological polar surface area (TPSA) is 24.9 Å². The maximum atomic E-state index is 4.53. The molecule has 0 amide bonds. The molecular weight excluding hydrogens is 228 g/mol. The minimum absolute atomic E-state index is 0.386. The van der Waals surface area contributed by atoms with Gasteiger partial charge in [-0.25, -0.2) is 0 Å². The molecule has 2 unspecified atom stereocenters. The molecule has 17 heavy (non-hydrogen) atoms. The first-order valence-electron chi connectivity index (χ1n) is 6.07. The number of fused-ring (bicyclic) bond motifs is 1. The predicted molar refractivity (Wildman–Crippen MR) is 74.2 cm³/mol. The van der Waals surface area contributed by atoms with E-state index in [4.69, 9.17) is 0 Å². The molecule has 2 heterocycles. The van der Waals surface area contributed by atoms with Crippen LogP contribution in [-0.4, -0.2) is 16.8 Å². The lowest BCUT2D eigenvalue weighted by Crippen LogP contribution is -2.29. The zero-order valence-electron chi connectivity index (χ0n) is 9.89. The number of benzene rings is 1. The van der Waals surface area contributed by atoms with Crippen molar-refractivity contribution in [2.45, 2.75) is 24.0 Å². The van der Waals surface area contributed by atoms with Crippen molar-refractivity contribution in [3.8, 4) is 0 Å². The van der Waals surface area contributed by atoms with Gasteiger partial charge in [-0.3, -0.25) is 4.98 Å². The van der Waals surface area contributed by atoms with Gasteiger partial charge < -0.3 is 5.32 Å². The number of rotatable bonds is 1. The molecule has 0 saturated carbocycles. The highest BCUT2D eigenvalue weighted by atomic mass is 32.2. The van der Waals surface area contributed by atoms with Crippen molar-refractivity contribution in [2.75, 3.05) is 6.54 Å². The normalized spacial score (nSPS) is 25.0. The molecule has 2 atom stereocenters. The fraction of sp³-hybridized carbons (Fsp3) is 0.357. The molecule has 1 aliphatic rings. The molecule has 3 rings (SSSR count). The van der Waals surface area contributed by atoms with E-state index >= 15 is 0 Å². The second-order valence-corrected chi connectivity index (χ2v) is 6.04. The van der Waals surface area contributed by atoms with Gasteiger partial charge in [-0.2, -0.15) is 0 Å². The molecular formula is C14H16N2S. The molecule has 0 bridgehead atoms. The summed E-state index contributed by atoms with van der Waals surface area (Å²) >= 11 is 2.00. The Morgan fingerprint density at radius 3 is 3.06 bits per heavy atom. The van der Waals surface area contributed by atoms with Gasteiger partial charge in [0.1, 0.15) is 0 Å². The number of nitrogens with one attached hydrogen (secondary N) is 1. The molecule has 0 aliphatic carbocycles. The largest absolute Gasteiger partial charge is 0.302 e. The number of thioether (sulfide) groups is 1. The Bertz CT molecular complexity index is 521. The molecule has 88 valence electrons. The average molecular weight is 244 g/mol. The fourth-order valence-corrected chi connectivity index (χ4v) is 3.56. The Morgan fingerprint density at radius 2 is 2.18 bits per heavy atom. The van der Waals surface area contributed by atoms with E-state index in [-0.39, 0.29) is 0 Å². The summed E-state index contributed by atoms with van der Waals surface area (Å²) in [6.45, 7) is 3.40. The van der Waals surface area contributed by atoms with Crippen molar-refractivity contribution < 1.29 is 0 Å².